The number of hydrogen-bond donors (Lipinski definition) is 0. The summed E-state index contributed by atoms with van der Waals surface area (Å²) in [4.78, 5) is 0. The van der Waals surface area contributed by atoms with Gasteiger partial charge in [0.05, 0.1) is 0 Å². The number of rotatable bonds is 1. The molecule has 0 N–H and O–H groups in total. The minimum Gasteiger partial charge on any atom is -0.176 e. The molecule has 0 nitrogen and oxygen atoms in total. The molecule has 0 bridgehead atoms. The van der Waals surface area contributed by atoms with E-state index in [2.05, 4.69) is 0 Å². The van der Waals surface area contributed by atoms with E-state index >= 15 is 0 Å². The lowest BCUT2D eigenvalue weighted by atomic mass is 12.0. The molecule has 0 saturated heterocycles. The van der Waals surface area contributed by atoms with Gasteiger partial charge in [-0.15, -0.1) is 0 Å². The van der Waals surface area contributed by atoms with Gasteiger partial charge in [0.2, 0.25) is 0 Å². The van der Waals surface area contributed by atoms with E-state index in [9.17, 15) is 8.39 Å². The summed E-state index contributed by atoms with van der Waals surface area (Å²) < 4.78 is 21.6. The molecule has 0 aromatic heterocycles. The van der Waals surface area contributed by atoms with Crippen LogP contribution in [0.5, 0.6) is 0 Å². The Bertz CT molecular complexity index is 23.6. The van der Waals surface area contributed by atoms with E-state index < -0.39 is 7.74 Å². The van der Waals surface area contributed by atoms with Gasteiger partial charge in [0, 0.05) is 0 Å². The predicted molar refractivity (Wildman–Crippen MR) is 22.7 cm³/mol. The van der Waals surface area contributed by atoms with Crippen LogP contribution in [-0.4, -0.2) is 6.26 Å². The molecule has 0 saturated carbocycles. The minimum atomic E-state index is -2.68. The van der Waals surface area contributed by atoms with Crippen LogP contribution in [0.2, 0.25) is 0 Å². The van der Waals surface area contributed by atoms with Crippen LogP contribution in [0.15, 0.2) is 0 Å². The minimum absolute atomic E-state index is 0.611. The summed E-state index contributed by atoms with van der Waals surface area (Å²) in [6.07, 6.45) is 1.39. The van der Waals surface area contributed by atoms with Gasteiger partial charge < -0.3 is 0 Å². The van der Waals surface area contributed by atoms with Crippen molar-refractivity contribution in [2.75, 3.05) is 6.26 Å². The molecule has 0 amide bonds. The fourth-order valence-electron chi connectivity index (χ4n) is 0. The van der Waals surface area contributed by atoms with Crippen LogP contribution >= 0.6 is 19.1 Å². The Balaban J connectivity index is 2.54. The summed E-state index contributed by atoms with van der Waals surface area (Å²) >= 11 is 0.611. The highest BCUT2D eigenvalue weighted by atomic mass is 32.7. The van der Waals surface area contributed by atoms with Crippen molar-refractivity contribution < 1.29 is 8.39 Å². The van der Waals surface area contributed by atoms with Crippen molar-refractivity contribution in [2.45, 2.75) is 0 Å². The van der Waals surface area contributed by atoms with Gasteiger partial charge in [-0.3, -0.25) is 0 Å². The zero-order chi connectivity index (χ0) is 4.28. The highest BCUT2D eigenvalue weighted by molar-refractivity contribution is 8.52. The fraction of sp³-hybridized carbons (Fsp3) is 1.00. The van der Waals surface area contributed by atoms with Gasteiger partial charge >= 0.3 is 7.74 Å². The molecule has 0 fully saturated rings. The molecule has 32 valence electrons. The SMILES string of the molecule is CSP(F)F. The van der Waals surface area contributed by atoms with E-state index in [4.69, 9.17) is 0 Å². The second-order valence-electron chi connectivity index (χ2n) is 0.384. The standard InChI is InChI=1S/CH3F2PS/c1-5-4(2)3/h1H3. The highest BCUT2D eigenvalue weighted by Gasteiger charge is 1.94. The Morgan fingerprint density at radius 3 is 1.80 bits per heavy atom. The molecule has 0 radical (unpaired) electrons. The van der Waals surface area contributed by atoms with Crippen molar-refractivity contribution in [1.29, 1.82) is 0 Å². The van der Waals surface area contributed by atoms with Crippen molar-refractivity contribution >= 4 is 19.1 Å². The fourth-order valence-corrected chi connectivity index (χ4v) is 0. The summed E-state index contributed by atoms with van der Waals surface area (Å²) in [5.41, 5.74) is 0. The maximum Gasteiger partial charge on any atom is 0.327 e. The highest BCUT2D eigenvalue weighted by Crippen LogP contribution is 2.50. The van der Waals surface area contributed by atoms with Gasteiger partial charge in [0.15, 0.2) is 0 Å². The summed E-state index contributed by atoms with van der Waals surface area (Å²) in [7, 11) is -2.68. The predicted octanol–water partition coefficient (Wildman–Crippen LogP) is 2.52. The van der Waals surface area contributed by atoms with E-state index in [1.165, 1.54) is 6.26 Å². The molecule has 0 unspecified atom stereocenters. The molecular weight excluding hydrogens is 113 g/mol. The molecule has 0 heterocycles. The molecule has 4 heteroatoms. The molecule has 0 atom stereocenters. The molecule has 0 aliphatic carbocycles. The second-order valence-corrected chi connectivity index (χ2v) is 3.08. The van der Waals surface area contributed by atoms with E-state index in [0.717, 1.165) is 0 Å². The van der Waals surface area contributed by atoms with Crippen molar-refractivity contribution in [2.24, 2.45) is 0 Å². The Kier molecular flexibility index (Phi) is 3.22. The number of halogens is 2. The van der Waals surface area contributed by atoms with Gasteiger partial charge in [0.1, 0.15) is 0 Å². The van der Waals surface area contributed by atoms with Gasteiger partial charge in [-0.05, 0) is 6.26 Å². The van der Waals surface area contributed by atoms with Crippen molar-refractivity contribution in [1.82, 2.24) is 0 Å². The molecule has 0 spiro atoms. The van der Waals surface area contributed by atoms with Crippen molar-refractivity contribution in [3.05, 3.63) is 0 Å². The Hall–Kier alpha value is 0.640. The van der Waals surface area contributed by atoms with Gasteiger partial charge in [-0.25, -0.2) is 0 Å². The third-order valence-electron chi connectivity index (χ3n) is 0.138. The van der Waals surface area contributed by atoms with Gasteiger partial charge in [-0.1, -0.05) is 11.4 Å². The van der Waals surface area contributed by atoms with E-state index in [0.29, 0.717) is 11.4 Å². The van der Waals surface area contributed by atoms with E-state index in [1.54, 1.807) is 0 Å². The Morgan fingerprint density at radius 1 is 1.60 bits per heavy atom. The third-order valence-corrected chi connectivity index (χ3v) is 1.24. The smallest absolute Gasteiger partial charge is 0.176 e. The largest absolute Gasteiger partial charge is 0.327 e. The first-order valence-electron chi connectivity index (χ1n) is 0.929. The van der Waals surface area contributed by atoms with Gasteiger partial charge in [0.25, 0.3) is 0 Å². The first kappa shape index (κ1) is 5.64. The first-order valence-corrected chi connectivity index (χ1v) is 3.88. The quantitative estimate of drug-likeness (QED) is 0.474. The lowest BCUT2D eigenvalue weighted by molar-refractivity contribution is 0.775. The number of hydrogen-bond acceptors (Lipinski definition) is 1. The van der Waals surface area contributed by atoms with Crippen LogP contribution in [0.25, 0.3) is 0 Å². The van der Waals surface area contributed by atoms with Crippen LogP contribution in [0.4, 0.5) is 8.39 Å². The lowest BCUT2D eigenvalue weighted by Crippen LogP contribution is -1.29. The van der Waals surface area contributed by atoms with Crippen LogP contribution in [-0.2, 0) is 0 Å². The maximum absolute atomic E-state index is 10.8. The summed E-state index contributed by atoms with van der Waals surface area (Å²) in [6.45, 7) is 0. The third kappa shape index (κ3) is 4.64. The van der Waals surface area contributed by atoms with Crippen LogP contribution < -0.4 is 0 Å². The normalized spacial score (nSPS) is 9.60. The molecule has 0 aliphatic rings. The van der Waals surface area contributed by atoms with E-state index in [1.807, 2.05) is 0 Å². The topological polar surface area (TPSA) is 0 Å². The molecule has 0 aromatic rings. The second kappa shape index (κ2) is 2.86. The molecule has 0 rings (SSSR count). The zero-order valence-electron chi connectivity index (χ0n) is 2.61. The molecule has 0 aromatic carbocycles. The molecular formula is CH3F2PS. The van der Waals surface area contributed by atoms with Crippen LogP contribution in [0, 0.1) is 0 Å². The average Bonchev–Trinajstić information content (AvgIpc) is 1.38. The zero-order valence-corrected chi connectivity index (χ0v) is 4.32. The molecule has 0 aliphatic heterocycles. The Labute approximate surface area is 34.7 Å². The van der Waals surface area contributed by atoms with Gasteiger partial charge in [-0.2, -0.15) is 8.39 Å². The summed E-state index contributed by atoms with van der Waals surface area (Å²) in [5, 5.41) is 0. The summed E-state index contributed by atoms with van der Waals surface area (Å²) in [6, 6.07) is 0. The maximum atomic E-state index is 10.8. The monoisotopic (exact) mass is 116 g/mol. The van der Waals surface area contributed by atoms with Crippen molar-refractivity contribution in [3.63, 3.8) is 0 Å². The Morgan fingerprint density at radius 2 is 1.80 bits per heavy atom. The van der Waals surface area contributed by atoms with E-state index in [-0.39, 0.29) is 0 Å². The van der Waals surface area contributed by atoms with Crippen LogP contribution in [0.3, 0.4) is 0 Å². The van der Waals surface area contributed by atoms with Crippen molar-refractivity contribution in [3.8, 4) is 0 Å². The van der Waals surface area contributed by atoms with Crippen LogP contribution in [0.1, 0.15) is 0 Å². The molecule has 5 heavy (non-hydrogen) atoms. The first-order chi connectivity index (χ1) is 2.27. The lowest BCUT2D eigenvalue weighted by Gasteiger charge is -1.78. The summed E-state index contributed by atoms with van der Waals surface area (Å²) in [5.74, 6) is 0. The average molecular weight is 116 g/mol.